The molecule has 0 radical (unpaired) electrons. The molecule has 3 aromatic rings. The van der Waals surface area contributed by atoms with Crippen molar-refractivity contribution in [3.05, 3.63) is 90.0 Å². The molecule has 34 heavy (non-hydrogen) atoms. The number of benzene rings is 3. The number of carbonyl (C=O) groups is 2. The van der Waals surface area contributed by atoms with Crippen LogP contribution in [0.15, 0.2) is 83.8 Å². The summed E-state index contributed by atoms with van der Waals surface area (Å²) in [4.78, 5) is 24.3. The molecule has 8 nitrogen and oxygen atoms in total. The van der Waals surface area contributed by atoms with Crippen LogP contribution in [0, 0.1) is 0 Å². The lowest BCUT2D eigenvalue weighted by Crippen LogP contribution is -2.49. The van der Waals surface area contributed by atoms with E-state index in [1.807, 2.05) is 30.3 Å². The molecule has 1 fully saturated rings. The van der Waals surface area contributed by atoms with Gasteiger partial charge in [0.05, 0.1) is 11.4 Å². The lowest BCUT2D eigenvalue weighted by atomic mass is 10.1. The van der Waals surface area contributed by atoms with Crippen LogP contribution in [0.3, 0.4) is 0 Å². The molecule has 9 heteroatoms. The van der Waals surface area contributed by atoms with Gasteiger partial charge in [-0.1, -0.05) is 36.4 Å². The van der Waals surface area contributed by atoms with Gasteiger partial charge in [0.15, 0.2) is 0 Å². The molecule has 0 bridgehead atoms. The zero-order chi connectivity index (χ0) is 24.1. The van der Waals surface area contributed by atoms with Gasteiger partial charge in [-0.05, 0) is 55.0 Å². The van der Waals surface area contributed by atoms with E-state index >= 15 is 0 Å². The quantitative estimate of drug-likeness (QED) is 0.483. The fourth-order valence-electron chi connectivity index (χ4n) is 3.70. The summed E-state index contributed by atoms with van der Waals surface area (Å²) in [6, 6.07) is 23.3. The number of sulfonamides is 1. The molecule has 0 saturated carbocycles. The van der Waals surface area contributed by atoms with Gasteiger partial charge in [-0.3, -0.25) is 9.59 Å². The third-order valence-corrected chi connectivity index (χ3v) is 7.40. The van der Waals surface area contributed by atoms with Gasteiger partial charge in [0.1, 0.15) is 0 Å². The summed E-state index contributed by atoms with van der Waals surface area (Å²) in [7, 11) is -3.88. The molecule has 1 unspecified atom stereocenters. The maximum atomic E-state index is 12.9. The van der Waals surface area contributed by atoms with E-state index in [0.29, 0.717) is 5.69 Å². The summed E-state index contributed by atoms with van der Waals surface area (Å²) in [5.74, 6) is -0.772. The second-order valence-electron chi connectivity index (χ2n) is 8.02. The van der Waals surface area contributed by atoms with Crippen LogP contribution in [-0.4, -0.2) is 44.2 Å². The Morgan fingerprint density at radius 2 is 1.68 bits per heavy atom. The lowest BCUT2D eigenvalue weighted by Gasteiger charge is -2.26. The highest BCUT2D eigenvalue weighted by Gasteiger charge is 2.29. The number of nitrogens with zero attached hydrogens (tertiary/aromatic N) is 1. The summed E-state index contributed by atoms with van der Waals surface area (Å²) in [6.07, 6.45) is 0. The molecule has 1 saturated heterocycles. The minimum atomic E-state index is -3.88. The van der Waals surface area contributed by atoms with Gasteiger partial charge < -0.3 is 16.0 Å². The fraction of sp³-hybridized carbons (Fsp3) is 0.200. The van der Waals surface area contributed by atoms with E-state index in [-0.39, 0.29) is 42.0 Å². The lowest BCUT2D eigenvalue weighted by molar-refractivity contribution is -0.122. The molecule has 1 heterocycles. The molecule has 2 amide bonds. The van der Waals surface area contributed by atoms with E-state index in [0.717, 1.165) is 9.99 Å². The number of hydrogen-bond donors (Lipinski definition) is 3. The molecule has 1 aliphatic heterocycles. The first-order valence-electron chi connectivity index (χ1n) is 10.9. The molecule has 4 rings (SSSR count). The molecule has 0 aliphatic carbocycles. The van der Waals surface area contributed by atoms with E-state index in [1.165, 1.54) is 23.8 Å². The van der Waals surface area contributed by atoms with Crippen molar-refractivity contribution in [1.82, 2.24) is 9.62 Å². The average Bonchev–Trinajstić information content (AvgIpc) is 2.86. The van der Waals surface area contributed by atoms with Crippen LogP contribution in [0.1, 0.15) is 28.9 Å². The van der Waals surface area contributed by atoms with Crippen LogP contribution < -0.4 is 16.0 Å². The molecule has 1 aliphatic rings. The molecule has 3 N–H and O–H groups in total. The smallest absolute Gasteiger partial charge is 0.255 e. The number of amides is 2. The number of hydrogen-bond acceptors (Lipinski definition) is 5. The Hall–Kier alpha value is -3.69. The van der Waals surface area contributed by atoms with Crippen molar-refractivity contribution >= 4 is 33.2 Å². The Kier molecular flexibility index (Phi) is 6.95. The zero-order valence-electron chi connectivity index (χ0n) is 18.7. The van der Waals surface area contributed by atoms with Gasteiger partial charge in [0, 0.05) is 36.1 Å². The van der Waals surface area contributed by atoms with Crippen molar-refractivity contribution in [1.29, 1.82) is 0 Å². The monoisotopic (exact) mass is 478 g/mol. The molecular weight excluding hydrogens is 452 g/mol. The topological polar surface area (TPSA) is 108 Å². The number of nitrogens with one attached hydrogen (secondary N) is 3. The molecule has 0 spiro atoms. The molecular formula is C25H26N4O4S. The minimum Gasteiger partial charge on any atom is -0.379 e. The Labute approximate surface area is 199 Å². The van der Waals surface area contributed by atoms with Crippen LogP contribution in [-0.2, 0) is 14.8 Å². The van der Waals surface area contributed by atoms with Crippen LogP contribution in [0.25, 0.3) is 0 Å². The van der Waals surface area contributed by atoms with Gasteiger partial charge in [-0.15, -0.1) is 0 Å². The van der Waals surface area contributed by atoms with Crippen LogP contribution in [0.2, 0.25) is 0 Å². The summed E-state index contributed by atoms with van der Waals surface area (Å²) >= 11 is 0. The average molecular weight is 479 g/mol. The van der Waals surface area contributed by atoms with E-state index in [9.17, 15) is 18.0 Å². The van der Waals surface area contributed by atoms with Crippen molar-refractivity contribution < 1.29 is 18.0 Å². The first-order valence-corrected chi connectivity index (χ1v) is 12.4. The van der Waals surface area contributed by atoms with Crippen LogP contribution >= 0.6 is 0 Å². The maximum Gasteiger partial charge on any atom is 0.255 e. The third-order valence-electron chi connectivity index (χ3n) is 5.56. The first-order chi connectivity index (χ1) is 16.3. The van der Waals surface area contributed by atoms with E-state index < -0.39 is 15.9 Å². The highest BCUT2D eigenvalue weighted by molar-refractivity contribution is 7.89. The molecule has 176 valence electrons. The van der Waals surface area contributed by atoms with Crippen LogP contribution in [0.5, 0.6) is 0 Å². The van der Waals surface area contributed by atoms with Gasteiger partial charge in [0.25, 0.3) is 5.91 Å². The highest BCUT2D eigenvalue weighted by Crippen LogP contribution is 2.22. The number of rotatable bonds is 7. The normalized spacial score (nSPS) is 15.3. The van der Waals surface area contributed by atoms with Crippen molar-refractivity contribution in [2.24, 2.45) is 0 Å². The molecule has 0 aromatic heterocycles. The Balaban J connectivity index is 1.42. The van der Waals surface area contributed by atoms with E-state index in [2.05, 4.69) is 35.0 Å². The van der Waals surface area contributed by atoms with Crippen LogP contribution in [0.4, 0.5) is 11.4 Å². The van der Waals surface area contributed by atoms with Crippen molar-refractivity contribution in [2.45, 2.75) is 17.9 Å². The SMILES string of the molecule is CC(Nc1ccc(NC(=O)c2cccc(S(=O)(=O)N3CCNC(=O)C3)c2)cc1)c1ccccc1. The molecule has 1 atom stereocenters. The van der Waals surface area contributed by atoms with Gasteiger partial charge in [-0.2, -0.15) is 4.31 Å². The largest absolute Gasteiger partial charge is 0.379 e. The fourth-order valence-corrected chi connectivity index (χ4v) is 5.14. The number of anilines is 2. The second-order valence-corrected chi connectivity index (χ2v) is 9.96. The van der Waals surface area contributed by atoms with Gasteiger partial charge >= 0.3 is 0 Å². The predicted molar refractivity (Wildman–Crippen MR) is 131 cm³/mol. The standard InChI is InChI=1S/C25H26N4O4S/c1-18(19-6-3-2-4-7-19)27-21-10-12-22(13-11-21)28-25(31)20-8-5-9-23(16-20)34(32,33)29-15-14-26-24(30)17-29/h2-13,16,18,27H,14-15,17H2,1H3,(H,26,30)(H,28,31). The van der Waals surface area contributed by atoms with Gasteiger partial charge in [-0.25, -0.2) is 8.42 Å². The summed E-state index contributed by atoms with van der Waals surface area (Å²) in [6.45, 7) is 2.28. The maximum absolute atomic E-state index is 12.9. The highest BCUT2D eigenvalue weighted by atomic mass is 32.2. The Morgan fingerprint density at radius 3 is 2.38 bits per heavy atom. The predicted octanol–water partition coefficient (Wildman–Crippen LogP) is 3.23. The Morgan fingerprint density at radius 1 is 0.971 bits per heavy atom. The number of carbonyl (C=O) groups excluding carboxylic acids is 2. The number of piperazine rings is 1. The zero-order valence-corrected chi connectivity index (χ0v) is 19.5. The second kappa shape index (κ2) is 10.1. The first kappa shape index (κ1) is 23.5. The van der Waals surface area contributed by atoms with E-state index in [4.69, 9.17) is 0 Å². The van der Waals surface area contributed by atoms with Gasteiger partial charge in [0.2, 0.25) is 15.9 Å². The van der Waals surface area contributed by atoms with Crippen molar-refractivity contribution in [3.8, 4) is 0 Å². The van der Waals surface area contributed by atoms with Crippen molar-refractivity contribution in [2.75, 3.05) is 30.3 Å². The summed E-state index contributed by atoms with van der Waals surface area (Å²) in [5, 5.41) is 8.81. The summed E-state index contributed by atoms with van der Waals surface area (Å²) in [5.41, 5.74) is 2.87. The summed E-state index contributed by atoms with van der Waals surface area (Å²) < 4.78 is 26.9. The minimum absolute atomic E-state index is 0.0238. The Bertz CT molecular complexity index is 1280. The van der Waals surface area contributed by atoms with Crippen molar-refractivity contribution in [3.63, 3.8) is 0 Å². The molecule has 3 aromatic carbocycles. The van der Waals surface area contributed by atoms with E-state index in [1.54, 1.807) is 18.2 Å². The third kappa shape index (κ3) is 5.44.